The van der Waals surface area contributed by atoms with E-state index < -0.39 is 6.35 Å². The second-order valence-corrected chi connectivity index (χ2v) is 6.33. The zero-order valence-electron chi connectivity index (χ0n) is 15.6. The lowest BCUT2D eigenvalue weighted by Crippen LogP contribution is -2.35. The molecule has 0 spiro atoms. The van der Waals surface area contributed by atoms with Crippen LogP contribution in [-0.4, -0.2) is 33.3 Å². The lowest BCUT2D eigenvalue weighted by Gasteiger charge is -2.15. The van der Waals surface area contributed by atoms with Gasteiger partial charge in [-0.25, -0.2) is 4.98 Å². The van der Waals surface area contributed by atoms with Crippen molar-refractivity contribution in [3.63, 3.8) is 0 Å². The molecule has 2 heterocycles. The first-order valence-corrected chi connectivity index (χ1v) is 8.80. The number of nitrogens with zero attached hydrogens (tertiary/aromatic N) is 3. The summed E-state index contributed by atoms with van der Waals surface area (Å²) in [6.07, 6.45) is 2.03. The van der Waals surface area contributed by atoms with Crippen molar-refractivity contribution in [2.24, 2.45) is 7.05 Å². The van der Waals surface area contributed by atoms with Crippen molar-refractivity contribution in [3.05, 3.63) is 60.8 Å². The van der Waals surface area contributed by atoms with Crippen LogP contribution in [0.25, 0.3) is 22.2 Å². The third-order valence-corrected chi connectivity index (χ3v) is 4.47. The van der Waals surface area contributed by atoms with Gasteiger partial charge >= 0.3 is 0 Å². The van der Waals surface area contributed by atoms with E-state index in [0.29, 0.717) is 12.3 Å². The summed E-state index contributed by atoms with van der Waals surface area (Å²) in [4.78, 5) is 3.83. The predicted octanol–water partition coefficient (Wildman–Crippen LogP) is 2.71. The summed E-state index contributed by atoms with van der Waals surface area (Å²) in [7, 11) is 3.57. The molecule has 0 saturated carbocycles. The van der Waals surface area contributed by atoms with Crippen LogP contribution in [0.15, 0.2) is 59.5 Å². The number of benzene rings is 2. The molecule has 144 valence electrons. The van der Waals surface area contributed by atoms with Gasteiger partial charge in [0, 0.05) is 23.7 Å². The van der Waals surface area contributed by atoms with Gasteiger partial charge in [-0.05, 0) is 30.3 Å². The fraction of sp³-hybridized carbons (Fsp3) is 0.200. The third-order valence-electron chi connectivity index (χ3n) is 4.47. The molecular weight excluding hydrogens is 358 g/mol. The second kappa shape index (κ2) is 7.71. The molecule has 3 N–H and O–H groups in total. The van der Waals surface area contributed by atoms with E-state index in [-0.39, 0.29) is 0 Å². The van der Waals surface area contributed by atoms with Gasteiger partial charge in [-0.1, -0.05) is 12.1 Å². The van der Waals surface area contributed by atoms with E-state index in [9.17, 15) is 5.11 Å². The minimum absolute atomic E-state index is 0.369. The number of aliphatic hydroxyl groups is 1. The van der Waals surface area contributed by atoms with Crippen LogP contribution < -0.4 is 15.4 Å². The summed E-state index contributed by atoms with van der Waals surface area (Å²) in [5.74, 6) is 1.44. The molecule has 0 bridgehead atoms. The summed E-state index contributed by atoms with van der Waals surface area (Å²) in [6, 6.07) is 13.6. The topological polar surface area (TPSA) is 97.4 Å². The maximum absolute atomic E-state index is 10.1. The Morgan fingerprint density at radius 2 is 2.04 bits per heavy atom. The van der Waals surface area contributed by atoms with Crippen molar-refractivity contribution in [1.82, 2.24) is 20.1 Å². The highest BCUT2D eigenvalue weighted by atomic mass is 16.5. The Balaban J connectivity index is 1.49. The monoisotopic (exact) mass is 379 g/mol. The summed E-state index contributed by atoms with van der Waals surface area (Å²) in [5, 5.41) is 21.6. The van der Waals surface area contributed by atoms with Gasteiger partial charge in [0.2, 0.25) is 0 Å². The van der Waals surface area contributed by atoms with Gasteiger partial charge in [-0.15, -0.1) is 0 Å². The molecule has 1 unspecified atom stereocenters. The summed E-state index contributed by atoms with van der Waals surface area (Å²) in [6.45, 7) is 0.369. The third kappa shape index (κ3) is 3.68. The van der Waals surface area contributed by atoms with E-state index in [1.807, 2.05) is 54.2 Å². The van der Waals surface area contributed by atoms with Gasteiger partial charge in [0.05, 0.1) is 25.4 Å². The number of ether oxygens (including phenoxy) is 1. The number of hydrogen-bond donors (Lipinski definition) is 3. The second-order valence-electron chi connectivity index (χ2n) is 6.33. The van der Waals surface area contributed by atoms with Crippen molar-refractivity contribution in [2.45, 2.75) is 12.9 Å². The average Bonchev–Trinajstić information content (AvgIpc) is 3.35. The molecule has 2 aromatic carbocycles. The van der Waals surface area contributed by atoms with Gasteiger partial charge in [0.1, 0.15) is 17.2 Å². The number of aliphatic hydroxyl groups excluding tert-OH is 1. The molecule has 28 heavy (non-hydrogen) atoms. The standard InChI is InChI=1S/C20H21N5O3/c1-25-18-8-7-15(27-2)9-17(18)19(24-25)13-3-5-14(6-4-13)23-20(26)22-11-16-10-21-12-28-16/h3-10,12,20,22-23,26H,11H2,1-2H3. The SMILES string of the molecule is COc1ccc2c(c1)c(-c1ccc(NC(O)NCc3cnco3)cc1)nn2C. The zero-order chi connectivity index (χ0) is 19.5. The molecule has 0 fully saturated rings. The maximum atomic E-state index is 10.1. The van der Waals surface area contributed by atoms with Crippen LogP contribution in [0.5, 0.6) is 5.75 Å². The molecule has 2 aromatic heterocycles. The first-order chi connectivity index (χ1) is 13.6. The number of aromatic nitrogens is 3. The normalized spacial score (nSPS) is 12.2. The van der Waals surface area contributed by atoms with Crippen molar-refractivity contribution in [2.75, 3.05) is 12.4 Å². The van der Waals surface area contributed by atoms with E-state index in [0.717, 1.165) is 33.6 Å². The van der Waals surface area contributed by atoms with Gasteiger partial charge in [-0.2, -0.15) is 5.10 Å². The van der Waals surface area contributed by atoms with Crippen LogP contribution in [0, 0.1) is 0 Å². The number of methoxy groups -OCH3 is 1. The molecule has 0 aliphatic carbocycles. The number of nitrogens with one attached hydrogen (secondary N) is 2. The number of oxazole rings is 1. The number of aryl methyl sites for hydroxylation is 1. The average molecular weight is 379 g/mol. The molecule has 4 aromatic rings. The van der Waals surface area contributed by atoms with E-state index in [4.69, 9.17) is 9.15 Å². The van der Waals surface area contributed by atoms with Crippen molar-refractivity contribution in [1.29, 1.82) is 0 Å². The molecule has 4 rings (SSSR count). The van der Waals surface area contributed by atoms with Crippen LogP contribution in [-0.2, 0) is 13.6 Å². The van der Waals surface area contributed by atoms with Gasteiger partial charge in [0.25, 0.3) is 0 Å². The highest BCUT2D eigenvalue weighted by molar-refractivity contribution is 5.94. The van der Waals surface area contributed by atoms with Crippen LogP contribution in [0.1, 0.15) is 5.76 Å². The Morgan fingerprint density at radius 3 is 2.75 bits per heavy atom. The molecular formula is C20H21N5O3. The Labute approximate surface area is 161 Å². The Morgan fingerprint density at radius 1 is 1.21 bits per heavy atom. The first-order valence-electron chi connectivity index (χ1n) is 8.80. The molecule has 0 saturated heterocycles. The largest absolute Gasteiger partial charge is 0.497 e. The quantitative estimate of drug-likeness (QED) is 0.425. The van der Waals surface area contributed by atoms with Crippen LogP contribution >= 0.6 is 0 Å². The molecule has 0 amide bonds. The number of rotatable bonds is 7. The minimum Gasteiger partial charge on any atom is -0.497 e. The van der Waals surface area contributed by atoms with Crippen molar-refractivity contribution in [3.8, 4) is 17.0 Å². The van der Waals surface area contributed by atoms with Crippen molar-refractivity contribution >= 4 is 16.6 Å². The predicted molar refractivity (Wildman–Crippen MR) is 106 cm³/mol. The number of fused-ring (bicyclic) bond motifs is 1. The molecule has 0 aliphatic rings. The summed E-state index contributed by atoms with van der Waals surface area (Å²) >= 11 is 0. The van der Waals surface area contributed by atoms with E-state index >= 15 is 0 Å². The first kappa shape index (κ1) is 18.0. The molecule has 0 radical (unpaired) electrons. The van der Waals surface area contributed by atoms with E-state index in [1.165, 1.54) is 6.39 Å². The van der Waals surface area contributed by atoms with Crippen LogP contribution in [0.3, 0.4) is 0 Å². The number of anilines is 1. The van der Waals surface area contributed by atoms with Crippen LogP contribution in [0.2, 0.25) is 0 Å². The summed E-state index contributed by atoms with van der Waals surface area (Å²) < 4.78 is 12.3. The molecule has 1 atom stereocenters. The smallest absolute Gasteiger partial charge is 0.181 e. The fourth-order valence-corrected chi connectivity index (χ4v) is 3.04. The lowest BCUT2D eigenvalue weighted by molar-refractivity contribution is 0.160. The Kier molecular flexibility index (Phi) is 4.96. The van der Waals surface area contributed by atoms with Gasteiger partial charge < -0.3 is 19.6 Å². The zero-order valence-corrected chi connectivity index (χ0v) is 15.6. The van der Waals surface area contributed by atoms with Crippen molar-refractivity contribution < 1.29 is 14.3 Å². The molecule has 0 aliphatic heterocycles. The maximum Gasteiger partial charge on any atom is 0.181 e. The molecule has 8 nitrogen and oxygen atoms in total. The summed E-state index contributed by atoms with van der Waals surface area (Å²) in [5.41, 5.74) is 3.67. The Bertz CT molecular complexity index is 1060. The fourth-order valence-electron chi connectivity index (χ4n) is 3.04. The highest BCUT2D eigenvalue weighted by Crippen LogP contribution is 2.31. The Hall–Kier alpha value is -3.36. The van der Waals surface area contributed by atoms with Gasteiger partial charge in [-0.3, -0.25) is 10.00 Å². The highest BCUT2D eigenvalue weighted by Gasteiger charge is 2.12. The van der Waals surface area contributed by atoms with E-state index in [2.05, 4.69) is 20.7 Å². The van der Waals surface area contributed by atoms with Crippen LogP contribution in [0.4, 0.5) is 5.69 Å². The van der Waals surface area contributed by atoms with E-state index in [1.54, 1.807) is 13.3 Å². The van der Waals surface area contributed by atoms with Gasteiger partial charge in [0.15, 0.2) is 12.7 Å². The number of hydrogen-bond acceptors (Lipinski definition) is 7. The minimum atomic E-state index is -0.920. The lowest BCUT2D eigenvalue weighted by atomic mass is 10.1. The molecule has 8 heteroatoms.